The number of halogens is 2. The fourth-order valence-electron chi connectivity index (χ4n) is 5.04. The molecule has 0 spiro atoms. The van der Waals surface area contributed by atoms with Crippen LogP contribution < -0.4 is 10.1 Å². The number of pyridine rings is 1. The van der Waals surface area contributed by atoms with Crippen LogP contribution in [0.4, 0.5) is 4.39 Å². The Kier molecular flexibility index (Phi) is 8.08. The van der Waals surface area contributed by atoms with Gasteiger partial charge in [0.05, 0.1) is 17.2 Å². The Morgan fingerprint density at radius 1 is 1.15 bits per heavy atom. The molecular formula is C31H25ClFN3O4. The number of carbonyl (C=O) groups is 1. The molecule has 3 aromatic carbocycles. The van der Waals surface area contributed by atoms with Crippen molar-refractivity contribution in [1.29, 1.82) is 5.26 Å². The van der Waals surface area contributed by atoms with Crippen molar-refractivity contribution in [3.05, 3.63) is 106 Å². The third kappa shape index (κ3) is 5.54. The van der Waals surface area contributed by atoms with Crippen molar-refractivity contribution in [2.45, 2.75) is 31.5 Å². The van der Waals surface area contributed by atoms with Crippen LogP contribution in [0.1, 0.15) is 34.8 Å². The first kappa shape index (κ1) is 27.3. The first-order chi connectivity index (χ1) is 19.4. The number of hydrogen-bond acceptors (Lipinski definition) is 6. The van der Waals surface area contributed by atoms with E-state index >= 15 is 0 Å². The summed E-state index contributed by atoms with van der Waals surface area (Å²) in [6.07, 6.45) is 4.12. The van der Waals surface area contributed by atoms with Crippen LogP contribution in [-0.2, 0) is 17.8 Å². The van der Waals surface area contributed by atoms with Crippen LogP contribution in [0.5, 0.6) is 5.75 Å². The quantitative estimate of drug-likeness (QED) is 0.242. The maximum atomic E-state index is 14.6. The summed E-state index contributed by atoms with van der Waals surface area (Å²) in [5, 5.41) is 31.3. The molecular weight excluding hydrogens is 533 g/mol. The number of carboxylic acid groups (broad SMARTS) is 1. The predicted octanol–water partition coefficient (Wildman–Crippen LogP) is 5.68. The minimum atomic E-state index is -1.18. The average Bonchev–Trinajstić information content (AvgIpc) is 3.37. The number of nitrogens with one attached hydrogen (secondary N) is 1. The number of hydrogen-bond donors (Lipinski definition) is 3. The lowest BCUT2D eigenvalue weighted by Gasteiger charge is -2.20. The Balaban J connectivity index is 1.50. The lowest BCUT2D eigenvalue weighted by atomic mass is 9.96. The van der Waals surface area contributed by atoms with Gasteiger partial charge < -0.3 is 14.9 Å². The Hall–Kier alpha value is -4.29. The molecule has 4 aromatic rings. The summed E-state index contributed by atoms with van der Waals surface area (Å²) >= 11 is 6.68. The predicted molar refractivity (Wildman–Crippen MR) is 148 cm³/mol. The van der Waals surface area contributed by atoms with Crippen molar-refractivity contribution < 1.29 is 24.1 Å². The molecule has 0 saturated heterocycles. The Bertz CT molecular complexity index is 1620. The second-order valence-corrected chi connectivity index (χ2v) is 9.87. The molecule has 1 aromatic heterocycles. The molecule has 1 aliphatic carbocycles. The molecule has 0 bridgehead atoms. The number of nitriles is 1. The van der Waals surface area contributed by atoms with Gasteiger partial charge in [0, 0.05) is 30.1 Å². The maximum Gasteiger partial charge on any atom is 0.323 e. The molecule has 7 nitrogen and oxygen atoms in total. The molecule has 0 amide bonds. The smallest absolute Gasteiger partial charge is 0.323 e. The van der Waals surface area contributed by atoms with Crippen LogP contribution in [0, 0.1) is 17.1 Å². The molecule has 0 aliphatic heterocycles. The third-order valence-corrected chi connectivity index (χ3v) is 7.30. The summed E-state index contributed by atoms with van der Waals surface area (Å²) in [7, 11) is 0. The standard InChI is InChI=1S/C31H25ClFN3O4/c32-26-11-20(16-36-28(17-37)31(38)39)25(19-10-18(13-34)14-35-15-19)12-30(26)40-29-9-8-22-21(5-3-6-24(22)29)23-4-1-2-7-27(23)33/h1-7,10-12,14-15,28-29,36-37H,8-9,16-17H2,(H,38,39)/t28?,29-/m0/s1. The summed E-state index contributed by atoms with van der Waals surface area (Å²) in [6, 6.07) is 18.5. The molecule has 0 fully saturated rings. The van der Waals surface area contributed by atoms with Gasteiger partial charge in [-0.3, -0.25) is 15.1 Å². The van der Waals surface area contributed by atoms with Crippen LogP contribution in [-0.4, -0.2) is 33.8 Å². The van der Waals surface area contributed by atoms with Gasteiger partial charge in [-0.25, -0.2) is 4.39 Å². The lowest BCUT2D eigenvalue weighted by molar-refractivity contribution is -0.140. The van der Waals surface area contributed by atoms with E-state index in [1.165, 1.54) is 12.3 Å². The second-order valence-electron chi connectivity index (χ2n) is 9.47. The van der Waals surface area contributed by atoms with E-state index in [4.69, 9.17) is 16.3 Å². The van der Waals surface area contributed by atoms with E-state index in [0.29, 0.717) is 51.4 Å². The van der Waals surface area contributed by atoms with Gasteiger partial charge in [-0.1, -0.05) is 48.0 Å². The summed E-state index contributed by atoms with van der Waals surface area (Å²) in [4.78, 5) is 15.6. The van der Waals surface area contributed by atoms with Gasteiger partial charge in [0.25, 0.3) is 0 Å². The number of rotatable bonds is 9. The van der Waals surface area contributed by atoms with Gasteiger partial charge in [-0.05, 0) is 64.9 Å². The van der Waals surface area contributed by atoms with E-state index in [9.17, 15) is 24.7 Å². The van der Waals surface area contributed by atoms with Crippen LogP contribution in [0.15, 0.2) is 73.1 Å². The minimum absolute atomic E-state index is 0.0852. The SMILES string of the molecule is N#Cc1cncc(-c2cc(O[C@H]3CCc4c(-c5ccccc5F)cccc43)c(Cl)cc2CNC(CO)C(=O)O)c1. The molecule has 0 radical (unpaired) electrons. The number of ether oxygens (including phenoxy) is 1. The molecule has 202 valence electrons. The van der Waals surface area contributed by atoms with Gasteiger partial charge >= 0.3 is 5.97 Å². The number of nitrogens with zero attached hydrogens (tertiary/aromatic N) is 2. The summed E-state index contributed by atoms with van der Waals surface area (Å²) in [5.74, 6) is -1.05. The van der Waals surface area contributed by atoms with Crippen molar-refractivity contribution in [2.75, 3.05) is 6.61 Å². The average molecular weight is 558 g/mol. The van der Waals surface area contributed by atoms with Crippen molar-refractivity contribution in [2.24, 2.45) is 0 Å². The van der Waals surface area contributed by atoms with Crippen LogP contribution >= 0.6 is 11.6 Å². The highest BCUT2D eigenvalue weighted by molar-refractivity contribution is 6.32. The van der Waals surface area contributed by atoms with E-state index in [1.54, 1.807) is 36.5 Å². The molecule has 1 heterocycles. The summed E-state index contributed by atoms with van der Waals surface area (Å²) in [6.45, 7) is -0.497. The third-order valence-electron chi connectivity index (χ3n) is 7.00. The zero-order valence-corrected chi connectivity index (χ0v) is 22.0. The zero-order valence-electron chi connectivity index (χ0n) is 21.3. The van der Waals surface area contributed by atoms with Crippen molar-refractivity contribution in [1.82, 2.24) is 10.3 Å². The van der Waals surface area contributed by atoms with E-state index < -0.39 is 18.6 Å². The van der Waals surface area contributed by atoms with Crippen molar-refractivity contribution >= 4 is 17.6 Å². The van der Waals surface area contributed by atoms with Crippen LogP contribution in [0.3, 0.4) is 0 Å². The lowest BCUT2D eigenvalue weighted by Crippen LogP contribution is -2.39. The van der Waals surface area contributed by atoms with Gasteiger partial charge in [-0.2, -0.15) is 5.26 Å². The highest BCUT2D eigenvalue weighted by atomic mass is 35.5. The highest BCUT2D eigenvalue weighted by Gasteiger charge is 2.28. The fraction of sp³-hybridized carbons (Fsp3) is 0.194. The first-order valence-corrected chi connectivity index (χ1v) is 13.1. The van der Waals surface area contributed by atoms with E-state index in [-0.39, 0.29) is 18.5 Å². The largest absolute Gasteiger partial charge is 0.484 e. The number of benzene rings is 3. The highest BCUT2D eigenvalue weighted by Crippen LogP contribution is 2.43. The molecule has 5 rings (SSSR count). The Labute approximate surface area is 235 Å². The monoisotopic (exact) mass is 557 g/mol. The topological polar surface area (TPSA) is 115 Å². The van der Waals surface area contributed by atoms with Gasteiger partial charge in [-0.15, -0.1) is 0 Å². The van der Waals surface area contributed by atoms with Crippen LogP contribution in [0.25, 0.3) is 22.3 Å². The van der Waals surface area contributed by atoms with Crippen molar-refractivity contribution in [3.63, 3.8) is 0 Å². The minimum Gasteiger partial charge on any atom is -0.484 e. The number of aliphatic hydroxyl groups is 1. The fourth-order valence-corrected chi connectivity index (χ4v) is 5.27. The van der Waals surface area contributed by atoms with Gasteiger partial charge in [0.1, 0.15) is 29.8 Å². The second kappa shape index (κ2) is 11.8. The van der Waals surface area contributed by atoms with Gasteiger partial charge in [0.15, 0.2) is 0 Å². The molecule has 40 heavy (non-hydrogen) atoms. The molecule has 3 N–H and O–H groups in total. The summed E-state index contributed by atoms with van der Waals surface area (Å²) in [5.41, 5.74) is 5.66. The number of carboxylic acids is 1. The first-order valence-electron chi connectivity index (χ1n) is 12.7. The van der Waals surface area contributed by atoms with Gasteiger partial charge in [0.2, 0.25) is 0 Å². The molecule has 1 unspecified atom stereocenters. The maximum absolute atomic E-state index is 14.6. The molecule has 9 heteroatoms. The van der Waals surface area contributed by atoms with E-state index in [1.807, 2.05) is 24.3 Å². The molecule has 0 saturated carbocycles. The van der Waals surface area contributed by atoms with Crippen LogP contribution in [0.2, 0.25) is 5.02 Å². The zero-order chi connectivity index (χ0) is 28.2. The number of fused-ring (bicyclic) bond motifs is 1. The molecule has 2 atom stereocenters. The summed E-state index contributed by atoms with van der Waals surface area (Å²) < 4.78 is 21.0. The normalized spacial score (nSPS) is 14.8. The number of aliphatic hydroxyl groups excluding tert-OH is 1. The van der Waals surface area contributed by atoms with Crippen molar-refractivity contribution in [3.8, 4) is 34.1 Å². The molecule has 1 aliphatic rings. The Morgan fingerprint density at radius 2 is 1.95 bits per heavy atom. The van der Waals surface area contributed by atoms with E-state index in [2.05, 4.69) is 16.4 Å². The van der Waals surface area contributed by atoms with E-state index in [0.717, 1.165) is 16.7 Å². The number of aromatic nitrogens is 1. The Morgan fingerprint density at radius 3 is 2.70 bits per heavy atom. The number of aliphatic carboxylic acids is 1.